The van der Waals surface area contributed by atoms with Gasteiger partial charge in [-0.3, -0.25) is 9.69 Å². The van der Waals surface area contributed by atoms with Crippen molar-refractivity contribution in [3.05, 3.63) is 60.2 Å². The van der Waals surface area contributed by atoms with Crippen LogP contribution in [-0.4, -0.2) is 44.4 Å². The summed E-state index contributed by atoms with van der Waals surface area (Å²) < 4.78 is 10.7. The lowest BCUT2D eigenvalue weighted by molar-refractivity contribution is -0.125. The molecule has 2 aromatic carbocycles. The summed E-state index contributed by atoms with van der Waals surface area (Å²) >= 11 is 0. The molecule has 0 N–H and O–H groups in total. The molecule has 6 nitrogen and oxygen atoms in total. The van der Waals surface area contributed by atoms with Crippen LogP contribution >= 0.6 is 0 Å². The fourth-order valence-electron chi connectivity index (χ4n) is 3.66. The molecule has 2 saturated heterocycles. The summed E-state index contributed by atoms with van der Waals surface area (Å²) in [6.45, 7) is 1.76. The summed E-state index contributed by atoms with van der Waals surface area (Å²) in [7, 11) is 0. The van der Waals surface area contributed by atoms with Gasteiger partial charge in [0.15, 0.2) is 0 Å². The predicted molar refractivity (Wildman–Crippen MR) is 107 cm³/mol. The number of hydrogen-bond donors (Lipinski definition) is 0. The molecular weight excluding hydrogens is 356 g/mol. The van der Waals surface area contributed by atoms with Gasteiger partial charge in [0.1, 0.15) is 12.7 Å². The van der Waals surface area contributed by atoms with Crippen LogP contribution in [0.15, 0.2) is 54.6 Å². The number of rotatable bonds is 6. The third-order valence-electron chi connectivity index (χ3n) is 5.17. The average molecular weight is 380 g/mol. The van der Waals surface area contributed by atoms with Crippen molar-refractivity contribution < 1.29 is 19.1 Å². The summed E-state index contributed by atoms with van der Waals surface area (Å²) in [6.07, 6.45) is 2.42. The minimum Gasteiger partial charge on any atom is -0.444 e. The Balaban J connectivity index is 1.33. The van der Waals surface area contributed by atoms with Crippen LogP contribution in [0.3, 0.4) is 0 Å². The molecule has 0 bridgehead atoms. The summed E-state index contributed by atoms with van der Waals surface area (Å²) in [5.74, 6) is -0.0435. The van der Waals surface area contributed by atoms with Gasteiger partial charge in [0.2, 0.25) is 0 Å². The number of aryl methyl sites for hydroxylation is 1. The SMILES string of the molecule is O=C1COCCN1c1ccc(N2C[C@H](CCCc3ccccc3)OC2=O)cc1. The number of carbonyl (C=O) groups excluding carboxylic acids is 2. The van der Waals surface area contributed by atoms with Gasteiger partial charge < -0.3 is 14.4 Å². The van der Waals surface area contributed by atoms with Crippen molar-refractivity contribution in [3.63, 3.8) is 0 Å². The molecule has 146 valence electrons. The summed E-state index contributed by atoms with van der Waals surface area (Å²) in [6, 6.07) is 17.8. The van der Waals surface area contributed by atoms with E-state index in [4.69, 9.17) is 9.47 Å². The number of benzene rings is 2. The fourth-order valence-corrected chi connectivity index (χ4v) is 3.66. The van der Waals surface area contributed by atoms with Gasteiger partial charge in [0.05, 0.1) is 13.2 Å². The number of nitrogens with zero attached hydrogens (tertiary/aromatic N) is 2. The summed E-state index contributed by atoms with van der Waals surface area (Å²) in [4.78, 5) is 27.6. The number of ether oxygens (including phenoxy) is 2. The molecule has 2 heterocycles. The molecule has 28 heavy (non-hydrogen) atoms. The largest absolute Gasteiger partial charge is 0.444 e. The molecule has 0 radical (unpaired) electrons. The van der Waals surface area contributed by atoms with E-state index in [9.17, 15) is 9.59 Å². The van der Waals surface area contributed by atoms with Crippen molar-refractivity contribution in [2.45, 2.75) is 25.4 Å². The van der Waals surface area contributed by atoms with E-state index < -0.39 is 0 Å². The zero-order valence-corrected chi connectivity index (χ0v) is 15.8. The first-order valence-electron chi connectivity index (χ1n) is 9.71. The van der Waals surface area contributed by atoms with Crippen LogP contribution in [-0.2, 0) is 20.7 Å². The molecule has 0 saturated carbocycles. The molecule has 0 aliphatic carbocycles. The van der Waals surface area contributed by atoms with E-state index in [1.54, 1.807) is 9.80 Å². The highest BCUT2D eigenvalue weighted by Crippen LogP contribution is 2.27. The quantitative estimate of drug-likeness (QED) is 0.771. The Bertz CT molecular complexity index is 822. The van der Waals surface area contributed by atoms with Crippen LogP contribution in [0.1, 0.15) is 18.4 Å². The van der Waals surface area contributed by atoms with E-state index in [0.29, 0.717) is 19.7 Å². The van der Waals surface area contributed by atoms with Gasteiger partial charge in [-0.05, 0) is 49.1 Å². The zero-order valence-electron chi connectivity index (χ0n) is 15.8. The van der Waals surface area contributed by atoms with Crippen molar-refractivity contribution in [2.24, 2.45) is 0 Å². The third kappa shape index (κ3) is 4.17. The van der Waals surface area contributed by atoms with E-state index in [1.807, 2.05) is 42.5 Å². The van der Waals surface area contributed by atoms with Crippen LogP contribution in [0.25, 0.3) is 0 Å². The van der Waals surface area contributed by atoms with E-state index in [1.165, 1.54) is 5.56 Å². The first-order chi connectivity index (χ1) is 13.7. The van der Waals surface area contributed by atoms with E-state index in [2.05, 4.69) is 12.1 Å². The molecular formula is C22H24N2O4. The van der Waals surface area contributed by atoms with Crippen LogP contribution in [0, 0.1) is 0 Å². The highest BCUT2D eigenvalue weighted by atomic mass is 16.6. The molecule has 1 atom stereocenters. The second-order valence-electron chi connectivity index (χ2n) is 7.11. The molecule has 2 aliphatic heterocycles. The van der Waals surface area contributed by atoms with Gasteiger partial charge in [-0.25, -0.2) is 4.79 Å². The van der Waals surface area contributed by atoms with E-state index in [0.717, 1.165) is 30.6 Å². The van der Waals surface area contributed by atoms with Gasteiger partial charge in [-0.1, -0.05) is 30.3 Å². The van der Waals surface area contributed by atoms with Gasteiger partial charge in [0.25, 0.3) is 5.91 Å². The van der Waals surface area contributed by atoms with Gasteiger partial charge in [-0.2, -0.15) is 0 Å². The Morgan fingerprint density at radius 2 is 1.64 bits per heavy atom. The highest BCUT2D eigenvalue weighted by molar-refractivity contribution is 5.95. The van der Waals surface area contributed by atoms with Gasteiger partial charge in [-0.15, -0.1) is 0 Å². The minimum atomic E-state index is -0.306. The lowest BCUT2D eigenvalue weighted by Crippen LogP contribution is -2.41. The van der Waals surface area contributed by atoms with Crippen molar-refractivity contribution in [2.75, 3.05) is 36.1 Å². The molecule has 2 aliphatic rings. The van der Waals surface area contributed by atoms with Crippen LogP contribution in [0.2, 0.25) is 0 Å². The maximum absolute atomic E-state index is 12.3. The topological polar surface area (TPSA) is 59.1 Å². The predicted octanol–water partition coefficient (Wildman–Crippen LogP) is 3.40. The summed E-state index contributed by atoms with van der Waals surface area (Å²) in [5.41, 5.74) is 2.92. The zero-order chi connectivity index (χ0) is 19.3. The van der Waals surface area contributed by atoms with Crippen molar-refractivity contribution >= 4 is 23.4 Å². The Hall–Kier alpha value is -2.86. The smallest absolute Gasteiger partial charge is 0.414 e. The van der Waals surface area contributed by atoms with Gasteiger partial charge in [0, 0.05) is 17.9 Å². The second-order valence-corrected chi connectivity index (χ2v) is 7.11. The Labute approximate surface area is 164 Å². The number of cyclic esters (lactones) is 1. The van der Waals surface area contributed by atoms with Crippen LogP contribution in [0.5, 0.6) is 0 Å². The van der Waals surface area contributed by atoms with Crippen molar-refractivity contribution in [1.29, 1.82) is 0 Å². The molecule has 2 amide bonds. The number of amides is 2. The number of anilines is 2. The van der Waals surface area contributed by atoms with Crippen LogP contribution in [0.4, 0.5) is 16.2 Å². The minimum absolute atomic E-state index is 0.0435. The normalized spacial score (nSPS) is 19.8. The number of hydrogen-bond acceptors (Lipinski definition) is 4. The second kappa shape index (κ2) is 8.44. The Morgan fingerprint density at radius 1 is 0.929 bits per heavy atom. The standard InChI is InChI=1S/C22H24N2O4/c25-21-16-27-14-13-23(21)18-9-11-19(12-10-18)24-15-20(28-22(24)26)8-4-7-17-5-2-1-3-6-17/h1-3,5-6,9-12,20H,4,7-8,13-16H2/t20-/m0/s1. The maximum atomic E-state index is 12.3. The van der Waals surface area contributed by atoms with E-state index in [-0.39, 0.29) is 24.7 Å². The maximum Gasteiger partial charge on any atom is 0.414 e. The lowest BCUT2D eigenvalue weighted by atomic mass is 10.1. The molecule has 0 unspecified atom stereocenters. The van der Waals surface area contributed by atoms with Gasteiger partial charge >= 0.3 is 6.09 Å². The monoisotopic (exact) mass is 380 g/mol. The molecule has 0 aromatic heterocycles. The first-order valence-corrected chi connectivity index (χ1v) is 9.71. The van der Waals surface area contributed by atoms with Crippen molar-refractivity contribution in [3.8, 4) is 0 Å². The Kier molecular flexibility index (Phi) is 5.58. The number of morpholine rings is 1. The molecule has 2 fully saturated rings. The molecule has 4 rings (SSSR count). The molecule has 6 heteroatoms. The van der Waals surface area contributed by atoms with Crippen molar-refractivity contribution in [1.82, 2.24) is 0 Å². The molecule has 0 spiro atoms. The van der Waals surface area contributed by atoms with E-state index >= 15 is 0 Å². The average Bonchev–Trinajstić information content (AvgIpc) is 3.10. The summed E-state index contributed by atoms with van der Waals surface area (Å²) in [5, 5.41) is 0. The number of carbonyl (C=O) groups is 2. The Morgan fingerprint density at radius 3 is 2.36 bits per heavy atom. The third-order valence-corrected chi connectivity index (χ3v) is 5.17. The first kappa shape index (κ1) is 18.5. The highest BCUT2D eigenvalue weighted by Gasteiger charge is 2.32. The van der Waals surface area contributed by atoms with Crippen LogP contribution < -0.4 is 9.80 Å². The fraction of sp³-hybridized carbons (Fsp3) is 0.364. The molecule has 2 aromatic rings. The lowest BCUT2D eigenvalue weighted by Gasteiger charge is -2.27.